The van der Waals surface area contributed by atoms with E-state index in [2.05, 4.69) is 0 Å². The van der Waals surface area contributed by atoms with Gasteiger partial charge in [-0.15, -0.1) is 0 Å². The third-order valence-electron chi connectivity index (χ3n) is 6.79. The third kappa shape index (κ3) is 6.38. The highest BCUT2D eigenvalue weighted by Crippen LogP contribution is 2.43. The molecule has 1 N–H and O–H groups in total. The molecule has 1 fully saturated rings. The Balaban J connectivity index is 2.20. The number of nitrogens with zero attached hydrogens (tertiary/aromatic N) is 1. The number of likely N-dealkylation sites (tertiary alicyclic amines) is 1. The van der Waals surface area contributed by atoms with Gasteiger partial charge in [-0.25, -0.2) is 0 Å². The largest absolute Gasteiger partial charge is 0.507 e. The standard InChI is InChI=1S/C31H41NO7/c1-9-38-26-16-21(11-12-24(26)36-7)28-27(30(34)31(35)32(28)13-10-14-39-19(4)5)29(33)23-17-22(18(2)3)25(37-8)15-20(23)6/h11-12,15-19,28,33H,9-10,13-14H2,1-8H3/b29-27+. The zero-order valence-corrected chi connectivity index (χ0v) is 24.3. The summed E-state index contributed by atoms with van der Waals surface area (Å²) in [7, 11) is 3.16. The molecular formula is C31H41NO7. The Morgan fingerprint density at radius 2 is 1.69 bits per heavy atom. The molecule has 3 rings (SSSR count). The van der Waals surface area contributed by atoms with Crippen molar-refractivity contribution in [1.82, 2.24) is 4.90 Å². The van der Waals surface area contributed by atoms with Gasteiger partial charge in [-0.2, -0.15) is 0 Å². The number of carbonyl (C=O) groups is 2. The number of hydrogen-bond acceptors (Lipinski definition) is 7. The molecule has 0 aromatic heterocycles. The molecule has 1 saturated heterocycles. The van der Waals surface area contributed by atoms with Crippen LogP contribution in [-0.2, 0) is 14.3 Å². The van der Waals surface area contributed by atoms with Crippen LogP contribution >= 0.6 is 0 Å². The van der Waals surface area contributed by atoms with Gasteiger partial charge in [0.1, 0.15) is 11.5 Å². The van der Waals surface area contributed by atoms with Gasteiger partial charge < -0.3 is 29.0 Å². The van der Waals surface area contributed by atoms with E-state index in [0.29, 0.717) is 48.0 Å². The SMILES string of the molecule is CCOc1cc(C2/C(=C(\O)c3cc(C(C)C)c(OC)cc3C)C(=O)C(=O)N2CCCOC(C)C)ccc1OC. The maximum atomic E-state index is 13.5. The fourth-order valence-electron chi connectivity index (χ4n) is 4.87. The molecule has 2 aromatic carbocycles. The number of rotatable bonds is 12. The first-order chi connectivity index (χ1) is 18.5. The van der Waals surface area contributed by atoms with E-state index < -0.39 is 17.7 Å². The minimum Gasteiger partial charge on any atom is -0.507 e. The predicted octanol–water partition coefficient (Wildman–Crippen LogP) is 5.77. The van der Waals surface area contributed by atoms with Crippen molar-refractivity contribution in [2.75, 3.05) is 34.0 Å². The summed E-state index contributed by atoms with van der Waals surface area (Å²) < 4.78 is 22.5. The number of aliphatic hydroxyl groups is 1. The van der Waals surface area contributed by atoms with Crippen molar-refractivity contribution in [2.24, 2.45) is 0 Å². The number of aryl methyl sites for hydroxylation is 1. The van der Waals surface area contributed by atoms with Gasteiger partial charge in [0.25, 0.3) is 11.7 Å². The maximum Gasteiger partial charge on any atom is 0.295 e. The molecule has 0 aliphatic carbocycles. The van der Waals surface area contributed by atoms with Gasteiger partial charge in [0.05, 0.1) is 38.5 Å². The summed E-state index contributed by atoms with van der Waals surface area (Å²) in [5.74, 6) is 0.256. The molecule has 1 amide bonds. The lowest BCUT2D eigenvalue weighted by atomic mass is 9.91. The Morgan fingerprint density at radius 3 is 2.28 bits per heavy atom. The van der Waals surface area contributed by atoms with Crippen molar-refractivity contribution in [3.8, 4) is 17.2 Å². The Kier molecular flexibility index (Phi) is 10.0. The van der Waals surface area contributed by atoms with Crippen LogP contribution in [0.2, 0.25) is 0 Å². The molecule has 1 atom stereocenters. The van der Waals surface area contributed by atoms with E-state index >= 15 is 0 Å². The Hall–Kier alpha value is -3.52. The van der Waals surface area contributed by atoms with E-state index in [0.717, 1.165) is 11.1 Å². The van der Waals surface area contributed by atoms with Crippen molar-refractivity contribution in [2.45, 2.75) is 66.0 Å². The van der Waals surface area contributed by atoms with Gasteiger partial charge in [-0.3, -0.25) is 9.59 Å². The zero-order chi connectivity index (χ0) is 28.9. The van der Waals surface area contributed by atoms with Crippen LogP contribution < -0.4 is 14.2 Å². The first kappa shape index (κ1) is 30.0. The van der Waals surface area contributed by atoms with E-state index in [1.807, 2.05) is 53.7 Å². The molecular weight excluding hydrogens is 498 g/mol. The van der Waals surface area contributed by atoms with Gasteiger partial charge in [-0.1, -0.05) is 19.9 Å². The fraction of sp³-hybridized carbons (Fsp3) is 0.484. The summed E-state index contributed by atoms with van der Waals surface area (Å²) in [4.78, 5) is 28.4. The highest BCUT2D eigenvalue weighted by Gasteiger charge is 2.46. The Labute approximate surface area is 231 Å². The number of ether oxygens (including phenoxy) is 4. The number of aliphatic hydroxyl groups excluding tert-OH is 1. The average molecular weight is 540 g/mol. The highest BCUT2D eigenvalue weighted by molar-refractivity contribution is 6.46. The molecule has 0 radical (unpaired) electrons. The van der Waals surface area contributed by atoms with E-state index in [1.165, 1.54) is 4.90 Å². The lowest BCUT2D eigenvalue weighted by molar-refractivity contribution is -0.140. The monoisotopic (exact) mass is 539 g/mol. The predicted molar refractivity (Wildman–Crippen MR) is 151 cm³/mol. The third-order valence-corrected chi connectivity index (χ3v) is 6.79. The topological polar surface area (TPSA) is 94.5 Å². The van der Waals surface area contributed by atoms with Gasteiger partial charge in [0.2, 0.25) is 0 Å². The van der Waals surface area contributed by atoms with E-state index in [4.69, 9.17) is 18.9 Å². The summed E-state index contributed by atoms with van der Waals surface area (Å²) in [5, 5.41) is 11.7. The number of methoxy groups -OCH3 is 2. The Bertz CT molecular complexity index is 1230. The minimum absolute atomic E-state index is 0.0420. The van der Waals surface area contributed by atoms with E-state index in [-0.39, 0.29) is 29.9 Å². The van der Waals surface area contributed by atoms with Gasteiger partial charge in [0.15, 0.2) is 11.5 Å². The molecule has 1 heterocycles. The second kappa shape index (κ2) is 13.0. The highest BCUT2D eigenvalue weighted by atomic mass is 16.5. The molecule has 2 aromatic rings. The first-order valence-corrected chi connectivity index (χ1v) is 13.4. The lowest BCUT2D eigenvalue weighted by Crippen LogP contribution is -2.31. The average Bonchev–Trinajstić information content (AvgIpc) is 3.15. The molecule has 8 nitrogen and oxygen atoms in total. The number of Topliss-reactive ketones (excluding diaryl/α,β-unsaturated/α-hetero) is 1. The summed E-state index contributed by atoms with van der Waals surface area (Å²) in [6, 6.07) is 8.19. The minimum atomic E-state index is -0.807. The van der Waals surface area contributed by atoms with Crippen LogP contribution in [0.5, 0.6) is 17.2 Å². The van der Waals surface area contributed by atoms with Crippen LogP contribution in [0.15, 0.2) is 35.9 Å². The molecule has 0 saturated carbocycles. The van der Waals surface area contributed by atoms with Crippen molar-refractivity contribution in [3.05, 3.63) is 58.2 Å². The van der Waals surface area contributed by atoms with Crippen LogP contribution in [-0.4, -0.2) is 61.8 Å². The number of ketones is 1. The molecule has 1 aliphatic rings. The number of benzene rings is 2. The van der Waals surface area contributed by atoms with Crippen LogP contribution in [0.3, 0.4) is 0 Å². The van der Waals surface area contributed by atoms with Gasteiger partial charge >= 0.3 is 0 Å². The molecule has 0 bridgehead atoms. The summed E-state index contributed by atoms with van der Waals surface area (Å²) in [5.41, 5.74) is 2.79. The molecule has 212 valence electrons. The second-order valence-corrected chi connectivity index (χ2v) is 10.2. The summed E-state index contributed by atoms with van der Waals surface area (Å²) in [6.07, 6.45) is 0.592. The van der Waals surface area contributed by atoms with E-state index in [1.54, 1.807) is 32.4 Å². The van der Waals surface area contributed by atoms with Crippen LogP contribution in [0, 0.1) is 6.92 Å². The Morgan fingerprint density at radius 1 is 1.00 bits per heavy atom. The fourth-order valence-corrected chi connectivity index (χ4v) is 4.87. The quantitative estimate of drug-likeness (QED) is 0.158. The normalized spacial score (nSPS) is 16.9. The smallest absolute Gasteiger partial charge is 0.295 e. The molecule has 0 spiro atoms. The van der Waals surface area contributed by atoms with Crippen LogP contribution in [0.1, 0.15) is 75.3 Å². The van der Waals surface area contributed by atoms with Crippen LogP contribution in [0.4, 0.5) is 0 Å². The summed E-state index contributed by atoms with van der Waals surface area (Å²) in [6.45, 7) is 12.8. The number of hydrogen-bond donors (Lipinski definition) is 1. The number of amides is 1. The van der Waals surface area contributed by atoms with Gasteiger partial charge in [-0.05, 0) is 81.0 Å². The maximum absolute atomic E-state index is 13.5. The van der Waals surface area contributed by atoms with Gasteiger partial charge in [0, 0.05) is 18.7 Å². The number of carbonyl (C=O) groups excluding carboxylic acids is 2. The second-order valence-electron chi connectivity index (χ2n) is 10.2. The molecule has 1 unspecified atom stereocenters. The molecule has 1 aliphatic heterocycles. The summed E-state index contributed by atoms with van der Waals surface area (Å²) >= 11 is 0. The van der Waals surface area contributed by atoms with Crippen molar-refractivity contribution >= 4 is 17.4 Å². The lowest BCUT2D eigenvalue weighted by Gasteiger charge is -2.26. The van der Waals surface area contributed by atoms with Crippen LogP contribution in [0.25, 0.3) is 5.76 Å². The molecule has 39 heavy (non-hydrogen) atoms. The first-order valence-electron chi connectivity index (χ1n) is 13.4. The van der Waals surface area contributed by atoms with E-state index in [9.17, 15) is 14.7 Å². The van der Waals surface area contributed by atoms with Crippen molar-refractivity contribution in [3.63, 3.8) is 0 Å². The molecule has 8 heteroatoms. The van der Waals surface area contributed by atoms with Crippen molar-refractivity contribution in [1.29, 1.82) is 0 Å². The zero-order valence-electron chi connectivity index (χ0n) is 24.3. The van der Waals surface area contributed by atoms with Crippen molar-refractivity contribution < 1.29 is 33.6 Å².